The first-order valence-electron chi connectivity index (χ1n) is 6.31. The summed E-state index contributed by atoms with van der Waals surface area (Å²) in [5.41, 5.74) is 1.03. The molecule has 0 aliphatic rings. The average Bonchev–Trinajstić information content (AvgIpc) is 2.46. The molecule has 2 aromatic carbocycles. The maximum Gasteiger partial charge on any atom is 0.311 e. The van der Waals surface area contributed by atoms with Crippen molar-refractivity contribution in [2.75, 3.05) is 0 Å². The highest BCUT2D eigenvalue weighted by molar-refractivity contribution is 9.11. The summed E-state index contributed by atoms with van der Waals surface area (Å²) in [7, 11) is 0. The molecule has 0 heterocycles. The number of aromatic hydroxyl groups is 3. The van der Waals surface area contributed by atoms with Gasteiger partial charge in [-0.25, -0.2) is 0 Å². The molecule has 2 aromatic rings. The number of hydrogen-bond acceptors (Lipinski definition) is 4. The summed E-state index contributed by atoms with van der Waals surface area (Å²) >= 11 is 9.47. The van der Waals surface area contributed by atoms with Gasteiger partial charge in [-0.15, -0.1) is 0 Å². The Hall–Kier alpha value is -1.25. The minimum atomic E-state index is -1.04. The van der Waals surface area contributed by atoms with Crippen LogP contribution in [0.25, 0.3) is 0 Å². The van der Waals surface area contributed by atoms with Gasteiger partial charge in [0, 0.05) is 0 Å². The summed E-state index contributed by atoms with van der Waals surface area (Å²) in [6.45, 7) is 0. The van der Waals surface area contributed by atoms with Crippen molar-refractivity contribution in [3.63, 3.8) is 0 Å². The quantitative estimate of drug-likeness (QED) is 0.454. The molecule has 1 atom stereocenters. The number of carboxylic acid groups (broad SMARTS) is 1. The van der Waals surface area contributed by atoms with Gasteiger partial charge in [0.15, 0.2) is 11.5 Å². The van der Waals surface area contributed by atoms with Crippen LogP contribution in [-0.4, -0.2) is 26.4 Å². The van der Waals surface area contributed by atoms with Gasteiger partial charge in [-0.1, -0.05) is 0 Å². The van der Waals surface area contributed by atoms with Crippen molar-refractivity contribution in [3.05, 3.63) is 48.8 Å². The molecule has 0 bridgehead atoms. The summed E-state index contributed by atoms with van der Waals surface area (Å²) in [5.74, 6) is -2.57. The summed E-state index contributed by atoms with van der Waals surface area (Å²) in [5, 5.41) is 38.4. The van der Waals surface area contributed by atoms with Crippen LogP contribution in [0, 0.1) is 0 Å². The lowest BCUT2D eigenvalue weighted by molar-refractivity contribution is -0.138. The summed E-state index contributed by atoms with van der Waals surface area (Å²) < 4.78 is 1.04. The normalized spacial score (nSPS) is 12.1. The van der Waals surface area contributed by atoms with Crippen LogP contribution in [0.5, 0.6) is 17.2 Å². The third-order valence-corrected chi connectivity index (χ3v) is 5.10. The molecule has 0 radical (unpaired) electrons. The topological polar surface area (TPSA) is 98.0 Å². The molecule has 5 nitrogen and oxygen atoms in total. The molecule has 0 fully saturated rings. The van der Waals surface area contributed by atoms with Crippen molar-refractivity contribution in [1.29, 1.82) is 0 Å². The largest absolute Gasteiger partial charge is 0.506 e. The van der Waals surface area contributed by atoms with Gasteiger partial charge in [0.1, 0.15) is 5.75 Å². The maximum atomic E-state index is 11.6. The van der Waals surface area contributed by atoms with E-state index in [0.29, 0.717) is 20.1 Å². The number of aliphatic carboxylic acids is 1. The van der Waals surface area contributed by atoms with Gasteiger partial charge in [0.05, 0.1) is 19.3 Å². The van der Waals surface area contributed by atoms with E-state index in [1.807, 2.05) is 0 Å². The van der Waals surface area contributed by atoms with Crippen LogP contribution >= 0.6 is 47.8 Å². The van der Waals surface area contributed by atoms with E-state index in [9.17, 15) is 25.2 Å². The number of phenolic OH excluding ortho intramolecular Hbond substituents is 3. The Labute approximate surface area is 157 Å². The molecule has 23 heavy (non-hydrogen) atoms. The summed E-state index contributed by atoms with van der Waals surface area (Å²) in [6.07, 6.45) is 0.103. The van der Waals surface area contributed by atoms with Crippen LogP contribution in [0.1, 0.15) is 17.0 Å². The second-order valence-corrected chi connectivity index (χ2v) is 7.44. The van der Waals surface area contributed by atoms with Crippen molar-refractivity contribution in [1.82, 2.24) is 0 Å². The van der Waals surface area contributed by atoms with Crippen molar-refractivity contribution < 1.29 is 25.2 Å². The van der Waals surface area contributed by atoms with Crippen molar-refractivity contribution in [2.24, 2.45) is 0 Å². The first kappa shape index (κ1) is 18.1. The summed E-state index contributed by atoms with van der Waals surface area (Å²) in [6, 6.07) is 5.94. The molecule has 0 aromatic heterocycles. The lowest BCUT2D eigenvalue weighted by Crippen LogP contribution is -2.14. The molecule has 2 rings (SSSR count). The third kappa shape index (κ3) is 3.99. The zero-order valence-electron chi connectivity index (χ0n) is 11.4. The lowest BCUT2D eigenvalue weighted by atomic mass is 9.92. The number of phenols is 3. The summed E-state index contributed by atoms with van der Waals surface area (Å²) in [4.78, 5) is 11.6. The molecule has 0 saturated carbocycles. The Bertz CT molecular complexity index is 730. The number of benzene rings is 2. The van der Waals surface area contributed by atoms with Gasteiger partial charge in [0.25, 0.3) is 0 Å². The molecule has 122 valence electrons. The van der Waals surface area contributed by atoms with Crippen LogP contribution in [0.4, 0.5) is 0 Å². The highest BCUT2D eigenvalue weighted by Crippen LogP contribution is 2.38. The number of carbonyl (C=O) groups is 1. The van der Waals surface area contributed by atoms with E-state index in [1.54, 1.807) is 6.07 Å². The Morgan fingerprint density at radius 3 is 1.91 bits per heavy atom. The van der Waals surface area contributed by atoms with Gasteiger partial charge in [-0.3, -0.25) is 4.79 Å². The first-order valence-corrected chi connectivity index (χ1v) is 8.69. The van der Waals surface area contributed by atoms with E-state index in [4.69, 9.17) is 0 Å². The second kappa shape index (κ2) is 7.11. The SMILES string of the molecule is O=C(O)[C@H](Cc1cc(O)c(O)c(Br)c1)c1cc(Br)c(O)c(Br)c1. The lowest BCUT2D eigenvalue weighted by Gasteiger charge is -2.15. The van der Waals surface area contributed by atoms with Gasteiger partial charge in [-0.2, -0.15) is 0 Å². The van der Waals surface area contributed by atoms with Crippen LogP contribution in [-0.2, 0) is 11.2 Å². The molecule has 0 spiro atoms. The Balaban J connectivity index is 2.43. The number of carboxylic acids is 1. The van der Waals surface area contributed by atoms with Crippen LogP contribution in [0.2, 0.25) is 0 Å². The maximum absolute atomic E-state index is 11.6. The Morgan fingerprint density at radius 2 is 1.43 bits per heavy atom. The smallest absolute Gasteiger partial charge is 0.311 e. The molecule has 8 heteroatoms. The third-order valence-electron chi connectivity index (χ3n) is 3.28. The van der Waals surface area contributed by atoms with Gasteiger partial charge in [-0.05, 0) is 89.6 Å². The predicted octanol–water partition coefficient (Wildman–Crippen LogP) is 4.50. The van der Waals surface area contributed by atoms with Crippen LogP contribution < -0.4 is 0 Å². The number of rotatable bonds is 4. The predicted molar refractivity (Wildman–Crippen MR) is 95.1 cm³/mol. The van der Waals surface area contributed by atoms with Gasteiger partial charge >= 0.3 is 5.97 Å². The monoisotopic (exact) mass is 508 g/mol. The fourth-order valence-corrected chi connectivity index (χ4v) is 3.85. The first-order chi connectivity index (χ1) is 10.7. The standard InChI is InChI=1S/C15H11Br3O5/c16-9-2-6(3-12(19)14(9)21)1-8(15(22)23)7-4-10(17)13(20)11(18)5-7/h2-5,8,19-21H,1H2,(H,22,23)/t8-/m1/s1. The molecular weight excluding hydrogens is 500 g/mol. The minimum absolute atomic E-state index is 0.0112. The number of hydrogen-bond donors (Lipinski definition) is 4. The van der Waals surface area contributed by atoms with Crippen LogP contribution in [0.15, 0.2) is 37.7 Å². The fraction of sp³-hybridized carbons (Fsp3) is 0.133. The second-order valence-electron chi connectivity index (χ2n) is 4.87. The molecule has 4 N–H and O–H groups in total. The molecule has 0 saturated heterocycles. The Kier molecular flexibility index (Phi) is 5.59. The highest BCUT2D eigenvalue weighted by atomic mass is 79.9. The zero-order chi connectivity index (χ0) is 17.3. The molecule has 0 aliphatic carbocycles. The molecule has 0 unspecified atom stereocenters. The van der Waals surface area contributed by atoms with E-state index in [2.05, 4.69) is 47.8 Å². The van der Waals surface area contributed by atoms with E-state index in [-0.39, 0.29) is 28.1 Å². The minimum Gasteiger partial charge on any atom is -0.506 e. The van der Waals surface area contributed by atoms with Crippen LogP contribution in [0.3, 0.4) is 0 Å². The van der Waals surface area contributed by atoms with Crippen molar-refractivity contribution in [3.8, 4) is 17.2 Å². The van der Waals surface area contributed by atoms with Gasteiger partial charge in [0.2, 0.25) is 0 Å². The van der Waals surface area contributed by atoms with E-state index in [0.717, 1.165) is 0 Å². The zero-order valence-corrected chi connectivity index (χ0v) is 16.2. The Morgan fingerprint density at radius 1 is 0.913 bits per heavy atom. The van der Waals surface area contributed by atoms with Gasteiger partial charge < -0.3 is 20.4 Å². The molecule has 0 amide bonds. The fourth-order valence-electron chi connectivity index (χ4n) is 2.13. The molecule has 0 aliphatic heterocycles. The number of halogens is 3. The van der Waals surface area contributed by atoms with Crippen molar-refractivity contribution >= 4 is 53.8 Å². The average molecular weight is 511 g/mol. The highest BCUT2D eigenvalue weighted by Gasteiger charge is 2.23. The van der Waals surface area contributed by atoms with E-state index >= 15 is 0 Å². The van der Waals surface area contributed by atoms with E-state index in [1.165, 1.54) is 18.2 Å². The van der Waals surface area contributed by atoms with E-state index < -0.39 is 11.9 Å². The molecular formula is C15H11Br3O5. The van der Waals surface area contributed by atoms with Crippen molar-refractivity contribution in [2.45, 2.75) is 12.3 Å².